The SMILES string of the molecule is CCCCc1[nH]cc[n+]1COCC. The molecule has 0 bridgehead atoms. The first-order chi connectivity index (χ1) is 6.38. The number of rotatable bonds is 6. The molecule has 0 radical (unpaired) electrons. The van der Waals surface area contributed by atoms with Gasteiger partial charge < -0.3 is 4.74 Å². The van der Waals surface area contributed by atoms with Crippen molar-refractivity contribution in [3.05, 3.63) is 18.2 Å². The Balaban J connectivity index is 2.45. The Hall–Kier alpha value is -0.830. The van der Waals surface area contributed by atoms with Crippen molar-refractivity contribution in [2.24, 2.45) is 0 Å². The molecular weight excluding hydrogens is 164 g/mol. The number of ether oxygens (including phenoxy) is 1. The van der Waals surface area contributed by atoms with E-state index in [1.54, 1.807) is 0 Å². The molecule has 0 amide bonds. The lowest BCUT2D eigenvalue weighted by Crippen LogP contribution is -2.37. The summed E-state index contributed by atoms with van der Waals surface area (Å²) in [5.41, 5.74) is 0. The summed E-state index contributed by atoms with van der Waals surface area (Å²) in [6.45, 7) is 5.65. The van der Waals surface area contributed by atoms with Crippen LogP contribution >= 0.6 is 0 Å². The Morgan fingerprint density at radius 1 is 1.46 bits per heavy atom. The highest BCUT2D eigenvalue weighted by atomic mass is 16.5. The number of hydrogen-bond acceptors (Lipinski definition) is 1. The number of imidazole rings is 1. The molecule has 0 aliphatic carbocycles. The van der Waals surface area contributed by atoms with Gasteiger partial charge in [-0.15, -0.1) is 0 Å². The Labute approximate surface area is 79.7 Å². The molecule has 0 fully saturated rings. The summed E-state index contributed by atoms with van der Waals surface area (Å²) in [5, 5.41) is 0. The van der Waals surface area contributed by atoms with Crippen LogP contribution in [0.1, 0.15) is 32.5 Å². The maximum atomic E-state index is 5.34. The van der Waals surface area contributed by atoms with Crippen LogP contribution in [0, 0.1) is 0 Å². The largest absolute Gasteiger partial charge is 0.342 e. The molecule has 0 saturated heterocycles. The van der Waals surface area contributed by atoms with Crippen LogP contribution in [0.5, 0.6) is 0 Å². The zero-order chi connectivity index (χ0) is 9.52. The monoisotopic (exact) mass is 183 g/mol. The van der Waals surface area contributed by atoms with Gasteiger partial charge in [-0.1, -0.05) is 13.3 Å². The van der Waals surface area contributed by atoms with E-state index in [1.165, 1.54) is 18.7 Å². The van der Waals surface area contributed by atoms with Gasteiger partial charge in [0.1, 0.15) is 12.4 Å². The third-order valence-electron chi connectivity index (χ3n) is 2.05. The first-order valence-electron chi connectivity index (χ1n) is 5.02. The van der Waals surface area contributed by atoms with Gasteiger partial charge in [0.25, 0.3) is 5.82 Å². The fourth-order valence-corrected chi connectivity index (χ4v) is 1.27. The van der Waals surface area contributed by atoms with E-state index in [4.69, 9.17) is 4.74 Å². The minimum Gasteiger partial charge on any atom is -0.342 e. The van der Waals surface area contributed by atoms with Gasteiger partial charge in [-0.2, -0.15) is 0 Å². The summed E-state index contributed by atoms with van der Waals surface area (Å²) in [7, 11) is 0. The minimum absolute atomic E-state index is 0.666. The number of nitrogens with one attached hydrogen (secondary N) is 1. The van der Waals surface area contributed by atoms with E-state index in [0.29, 0.717) is 6.73 Å². The number of hydrogen-bond donors (Lipinski definition) is 1. The van der Waals surface area contributed by atoms with E-state index in [9.17, 15) is 0 Å². The molecule has 1 aromatic heterocycles. The highest BCUT2D eigenvalue weighted by molar-refractivity contribution is 4.76. The van der Waals surface area contributed by atoms with Gasteiger partial charge in [0.05, 0.1) is 0 Å². The van der Waals surface area contributed by atoms with Gasteiger partial charge in [0.15, 0.2) is 6.73 Å². The van der Waals surface area contributed by atoms with Gasteiger partial charge >= 0.3 is 0 Å². The summed E-state index contributed by atoms with van der Waals surface area (Å²) in [4.78, 5) is 3.23. The standard InChI is InChI=1S/C10H18N2O/c1-3-5-6-10-11-7-8-12(10)9-13-4-2/h7-8H,3-6,9H2,1-2H3/p+1. The molecule has 0 aromatic carbocycles. The molecule has 0 aliphatic heterocycles. The lowest BCUT2D eigenvalue weighted by molar-refractivity contribution is -0.737. The van der Waals surface area contributed by atoms with E-state index in [1.807, 2.05) is 19.3 Å². The van der Waals surface area contributed by atoms with Crippen molar-refractivity contribution in [1.82, 2.24) is 4.98 Å². The van der Waals surface area contributed by atoms with Gasteiger partial charge in [-0.05, 0) is 13.3 Å². The molecule has 0 aliphatic rings. The third kappa shape index (κ3) is 3.19. The molecule has 0 saturated carbocycles. The van der Waals surface area contributed by atoms with Crippen LogP contribution in [0.25, 0.3) is 0 Å². The second-order valence-electron chi connectivity index (χ2n) is 3.10. The number of H-pyrrole nitrogens is 1. The van der Waals surface area contributed by atoms with Crippen molar-refractivity contribution in [2.45, 2.75) is 39.8 Å². The van der Waals surface area contributed by atoms with Crippen molar-refractivity contribution < 1.29 is 9.30 Å². The molecule has 0 atom stereocenters. The Kier molecular flexibility index (Phi) is 4.54. The van der Waals surface area contributed by atoms with Crippen LogP contribution in [-0.4, -0.2) is 11.6 Å². The fraction of sp³-hybridized carbons (Fsp3) is 0.700. The molecule has 1 heterocycles. The van der Waals surface area contributed by atoms with Gasteiger partial charge in [-0.25, -0.2) is 9.55 Å². The van der Waals surface area contributed by atoms with Gasteiger partial charge in [-0.3, -0.25) is 0 Å². The molecule has 1 rings (SSSR count). The molecule has 3 heteroatoms. The highest BCUT2D eigenvalue weighted by Gasteiger charge is 2.08. The zero-order valence-corrected chi connectivity index (χ0v) is 8.55. The third-order valence-corrected chi connectivity index (χ3v) is 2.05. The van der Waals surface area contributed by atoms with E-state index in [2.05, 4.69) is 16.5 Å². The lowest BCUT2D eigenvalue weighted by atomic mass is 10.2. The smallest absolute Gasteiger partial charge is 0.256 e. The molecule has 1 aromatic rings. The average molecular weight is 183 g/mol. The fourth-order valence-electron chi connectivity index (χ4n) is 1.27. The van der Waals surface area contributed by atoms with Crippen molar-refractivity contribution in [3.8, 4) is 0 Å². The lowest BCUT2D eigenvalue weighted by Gasteiger charge is -1.99. The van der Waals surface area contributed by atoms with Crippen LogP contribution in [0.4, 0.5) is 0 Å². The summed E-state index contributed by atoms with van der Waals surface area (Å²) in [6, 6.07) is 0. The molecule has 0 unspecified atom stereocenters. The van der Waals surface area contributed by atoms with Crippen LogP contribution in [0.3, 0.4) is 0 Å². The number of aromatic nitrogens is 2. The van der Waals surface area contributed by atoms with Crippen molar-refractivity contribution in [2.75, 3.05) is 6.61 Å². The number of aromatic amines is 1. The summed E-state index contributed by atoms with van der Waals surface area (Å²) >= 11 is 0. The second kappa shape index (κ2) is 5.75. The average Bonchev–Trinajstić information content (AvgIpc) is 2.59. The number of unbranched alkanes of at least 4 members (excludes halogenated alkanes) is 1. The van der Waals surface area contributed by atoms with E-state index in [0.717, 1.165) is 13.0 Å². The summed E-state index contributed by atoms with van der Waals surface area (Å²) in [6.07, 6.45) is 7.56. The maximum Gasteiger partial charge on any atom is 0.256 e. The van der Waals surface area contributed by atoms with Crippen LogP contribution in [0.15, 0.2) is 12.4 Å². The van der Waals surface area contributed by atoms with Crippen LogP contribution in [-0.2, 0) is 17.9 Å². The van der Waals surface area contributed by atoms with Gasteiger partial charge in [0, 0.05) is 13.0 Å². The van der Waals surface area contributed by atoms with Crippen molar-refractivity contribution in [3.63, 3.8) is 0 Å². The quantitative estimate of drug-likeness (QED) is 0.667. The van der Waals surface area contributed by atoms with Crippen molar-refractivity contribution in [1.29, 1.82) is 0 Å². The summed E-state index contributed by atoms with van der Waals surface area (Å²) < 4.78 is 7.47. The van der Waals surface area contributed by atoms with Crippen LogP contribution in [0.2, 0.25) is 0 Å². The molecule has 3 nitrogen and oxygen atoms in total. The summed E-state index contributed by atoms with van der Waals surface area (Å²) in [5.74, 6) is 1.26. The first-order valence-corrected chi connectivity index (χ1v) is 5.02. The topological polar surface area (TPSA) is 28.9 Å². The number of nitrogens with zero attached hydrogens (tertiary/aromatic N) is 1. The molecule has 74 valence electrons. The first kappa shape index (κ1) is 10.3. The number of aryl methyl sites for hydroxylation is 1. The second-order valence-corrected chi connectivity index (χ2v) is 3.10. The van der Waals surface area contributed by atoms with Gasteiger partial charge in [0.2, 0.25) is 0 Å². The van der Waals surface area contributed by atoms with E-state index >= 15 is 0 Å². The van der Waals surface area contributed by atoms with Crippen molar-refractivity contribution >= 4 is 0 Å². The molecule has 0 spiro atoms. The predicted octanol–water partition coefficient (Wildman–Crippen LogP) is 1.64. The highest BCUT2D eigenvalue weighted by Crippen LogP contribution is 1.96. The Bertz CT molecular complexity index is 210. The molecule has 1 N–H and O–H groups in total. The van der Waals surface area contributed by atoms with E-state index in [-0.39, 0.29) is 0 Å². The van der Waals surface area contributed by atoms with Crippen LogP contribution < -0.4 is 4.57 Å². The normalized spacial score (nSPS) is 10.6. The maximum absolute atomic E-state index is 5.34. The minimum atomic E-state index is 0.666. The molecule has 13 heavy (non-hydrogen) atoms. The Morgan fingerprint density at radius 3 is 3.00 bits per heavy atom. The molecular formula is C10H19N2O+. The van der Waals surface area contributed by atoms with E-state index < -0.39 is 0 Å². The zero-order valence-electron chi connectivity index (χ0n) is 8.55. The predicted molar refractivity (Wildman–Crippen MR) is 51.2 cm³/mol. The Morgan fingerprint density at radius 2 is 2.31 bits per heavy atom.